The van der Waals surface area contributed by atoms with Crippen LogP contribution in [0.3, 0.4) is 0 Å². The predicted octanol–water partition coefficient (Wildman–Crippen LogP) is 21.1. The summed E-state index contributed by atoms with van der Waals surface area (Å²) in [7, 11) is 1.16. The van der Waals surface area contributed by atoms with E-state index >= 15 is 0 Å². The first-order chi connectivity index (χ1) is 39.9. The molecule has 0 saturated carbocycles. The number of rotatable bonds is 62. The lowest BCUT2D eigenvalue weighted by molar-refractivity contribution is -0.870. The standard InChI is InChI=1S/C72H131N2O7P/c1-7-10-13-16-19-22-25-28-30-32-34-36-37-39-40-42-44-46-49-52-55-58-61-64-71(75)73-69(68-80-82(77,78)79-67-66-74(4,5)6)70(63-60-57-54-51-48-27-24-21-18-15-12-9-3)81-72(76)65-62-59-56-53-50-47-45-43-41-38-35-33-31-29-26-23-20-17-14-11-8-2/h11,14,20,23,29,31,35,38,43,45,50,53,60,63,69-70H,7-10,12-13,15-19,21-22,24-28,30,32-34,36-37,39-42,44,46-49,51-52,54-59,61-62,64-68H2,1-6H3,(H-,73,75,77,78)/b14-11-,23-20-,31-29-,38-35-,45-43-,53-50-,63-60+. The van der Waals surface area contributed by atoms with Gasteiger partial charge in [-0.3, -0.25) is 14.2 Å². The Morgan fingerprint density at radius 1 is 0.439 bits per heavy atom. The van der Waals surface area contributed by atoms with Crippen molar-refractivity contribution in [2.75, 3.05) is 40.9 Å². The molecule has 0 heterocycles. The molecule has 82 heavy (non-hydrogen) atoms. The second-order valence-electron chi connectivity index (χ2n) is 24.3. The first kappa shape index (κ1) is 79.2. The highest BCUT2D eigenvalue weighted by atomic mass is 31.2. The molecule has 0 bridgehead atoms. The predicted molar refractivity (Wildman–Crippen MR) is 353 cm³/mol. The van der Waals surface area contributed by atoms with Crippen LogP contribution in [0.4, 0.5) is 0 Å². The number of unbranched alkanes of at least 4 members (excludes halogenated alkanes) is 34. The van der Waals surface area contributed by atoms with Crippen LogP contribution in [0.25, 0.3) is 0 Å². The summed E-state index contributed by atoms with van der Waals surface area (Å²) in [6, 6.07) is -0.909. The van der Waals surface area contributed by atoms with Crippen LogP contribution in [-0.4, -0.2) is 69.4 Å². The zero-order chi connectivity index (χ0) is 60.0. The molecule has 476 valence electrons. The number of allylic oxidation sites excluding steroid dienone is 13. The molecule has 0 aromatic heterocycles. The fourth-order valence-electron chi connectivity index (χ4n) is 9.82. The maximum Gasteiger partial charge on any atom is 0.306 e. The Balaban J connectivity index is 5.18. The highest BCUT2D eigenvalue weighted by molar-refractivity contribution is 7.45. The molecule has 0 fully saturated rings. The average Bonchev–Trinajstić information content (AvgIpc) is 3.44. The number of hydrogen-bond acceptors (Lipinski definition) is 7. The van der Waals surface area contributed by atoms with Gasteiger partial charge in [0.05, 0.1) is 33.8 Å². The van der Waals surface area contributed by atoms with Crippen molar-refractivity contribution in [2.24, 2.45) is 0 Å². The molecule has 0 aromatic carbocycles. The lowest BCUT2D eigenvalue weighted by Gasteiger charge is -2.30. The molecule has 1 amide bonds. The van der Waals surface area contributed by atoms with Crippen molar-refractivity contribution < 1.29 is 37.3 Å². The molecule has 0 spiro atoms. The van der Waals surface area contributed by atoms with Gasteiger partial charge in [-0.05, 0) is 83.1 Å². The number of phosphoric ester groups is 1. The van der Waals surface area contributed by atoms with E-state index in [2.05, 4.69) is 99.0 Å². The largest absolute Gasteiger partial charge is 0.756 e. The van der Waals surface area contributed by atoms with Crippen molar-refractivity contribution in [1.82, 2.24) is 5.32 Å². The second kappa shape index (κ2) is 61.3. The number of esters is 1. The minimum atomic E-state index is -4.72. The first-order valence-electron chi connectivity index (χ1n) is 34.4. The van der Waals surface area contributed by atoms with Gasteiger partial charge in [0.1, 0.15) is 19.3 Å². The van der Waals surface area contributed by atoms with Crippen LogP contribution in [0.15, 0.2) is 85.1 Å². The summed E-state index contributed by atoms with van der Waals surface area (Å²) >= 11 is 0. The maximum absolute atomic E-state index is 13.6. The number of amides is 1. The number of hydrogen-bond donors (Lipinski definition) is 1. The van der Waals surface area contributed by atoms with Crippen molar-refractivity contribution >= 4 is 19.7 Å². The normalized spacial score (nSPS) is 14.1. The van der Waals surface area contributed by atoms with E-state index in [0.29, 0.717) is 23.9 Å². The maximum atomic E-state index is 13.6. The third-order valence-electron chi connectivity index (χ3n) is 15.1. The van der Waals surface area contributed by atoms with Gasteiger partial charge in [0.2, 0.25) is 5.91 Å². The minimum absolute atomic E-state index is 0.0312. The summed E-state index contributed by atoms with van der Waals surface area (Å²) in [5, 5.41) is 3.03. The molecule has 0 aliphatic heterocycles. The number of quaternary nitrogens is 1. The van der Waals surface area contributed by atoms with Gasteiger partial charge in [0, 0.05) is 12.8 Å². The topological polar surface area (TPSA) is 114 Å². The summed E-state index contributed by atoms with van der Waals surface area (Å²) in [4.78, 5) is 40.1. The van der Waals surface area contributed by atoms with Crippen LogP contribution < -0.4 is 10.2 Å². The Labute approximate surface area is 507 Å². The molecule has 0 rings (SSSR count). The smallest absolute Gasteiger partial charge is 0.306 e. The summed E-state index contributed by atoms with van der Waals surface area (Å²) in [6.45, 7) is 6.73. The highest BCUT2D eigenvalue weighted by Gasteiger charge is 2.27. The molecule has 0 saturated heterocycles. The molecule has 1 N–H and O–H groups in total. The SMILES string of the molecule is CC/C=C\C/C=C\C/C=C\C/C=C\C/C=C\C/C=C\CCCCC(=O)OC(/C=C/CCCCCCCCCCCC)C(COP(=O)([O-])OCC[N+](C)(C)C)NC(=O)CCCCCCCCCCCCCCCCCCCCCCCCC. The monoisotopic (exact) mass is 1170 g/mol. The van der Waals surface area contributed by atoms with E-state index in [0.717, 1.165) is 89.9 Å². The number of phosphoric acid groups is 1. The van der Waals surface area contributed by atoms with E-state index in [4.69, 9.17) is 13.8 Å². The number of nitrogens with zero attached hydrogens (tertiary/aromatic N) is 1. The van der Waals surface area contributed by atoms with Gasteiger partial charge in [0.25, 0.3) is 7.82 Å². The van der Waals surface area contributed by atoms with E-state index in [9.17, 15) is 19.0 Å². The van der Waals surface area contributed by atoms with Crippen molar-refractivity contribution in [3.63, 3.8) is 0 Å². The van der Waals surface area contributed by atoms with Gasteiger partial charge in [-0.15, -0.1) is 0 Å². The molecule has 0 radical (unpaired) electrons. The van der Waals surface area contributed by atoms with Crippen LogP contribution in [0.2, 0.25) is 0 Å². The third kappa shape index (κ3) is 61.7. The van der Waals surface area contributed by atoms with Gasteiger partial charge in [-0.25, -0.2) is 0 Å². The van der Waals surface area contributed by atoms with Crippen LogP contribution >= 0.6 is 7.82 Å². The second-order valence-corrected chi connectivity index (χ2v) is 25.7. The van der Waals surface area contributed by atoms with Crippen molar-refractivity contribution in [3.8, 4) is 0 Å². The molecule has 10 heteroatoms. The van der Waals surface area contributed by atoms with Gasteiger partial charge in [-0.1, -0.05) is 299 Å². The molecule has 9 nitrogen and oxygen atoms in total. The number of likely N-dealkylation sites (N-methyl/N-ethyl adjacent to an activating group) is 1. The molecular formula is C72H131N2O7P. The Morgan fingerprint density at radius 2 is 0.780 bits per heavy atom. The van der Waals surface area contributed by atoms with Crippen LogP contribution in [0, 0.1) is 0 Å². The number of nitrogens with one attached hydrogen (secondary N) is 1. The van der Waals surface area contributed by atoms with E-state index in [1.807, 2.05) is 33.3 Å². The Bertz CT molecular complexity index is 1680. The van der Waals surface area contributed by atoms with E-state index in [1.165, 1.54) is 180 Å². The lowest BCUT2D eigenvalue weighted by atomic mass is 10.0. The third-order valence-corrected chi connectivity index (χ3v) is 16.1. The number of ether oxygens (including phenoxy) is 1. The number of carbonyl (C=O) groups is 2. The van der Waals surface area contributed by atoms with E-state index in [1.54, 1.807) is 0 Å². The van der Waals surface area contributed by atoms with Gasteiger partial charge in [-0.2, -0.15) is 0 Å². The van der Waals surface area contributed by atoms with E-state index in [-0.39, 0.29) is 24.9 Å². The molecule has 0 aromatic rings. The fraction of sp³-hybridized carbons (Fsp3) is 0.778. The van der Waals surface area contributed by atoms with Crippen LogP contribution in [0.5, 0.6) is 0 Å². The molecule has 3 unspecified atom stereocenters. The van der Waals surface area contributed by atoms with Crippen molar-refractivity contribution in [2.45, 2.75) is 322 Å². The lowest BCUT2D eigenvalue weighted by Crippen LogP contribution is -2.47. The van der Waals surface area contributed by atoms with Crippen LogP contribution in [0.1, 0.15) is 310 Å². The quantitative estimate of drug-likeness (QED) is 0.0212. The Kier molecular flexibility index (Phi) is 59.2. The fourth-order valence-corrected chi connectivity index (χ4v) is 10.5. The Hall–Kier alpha value is -2.81. The van der Waals surface area contributed by atoms with Crippen molar-refractivity contribution in [3.05, 3.63) is 85.1 Å². The van der Waals surface area contributed by atoms with Crippen molar-refractivity contribution in [1.29, 1.82) is 0 Å². The summed E-state index contributed by atoms with van der Waals surface area (Å²) in [5.74, 6) is -0.584. The molecule has 0 aliphatic rings. The van der Waals surface area contributed by atoms with Gasteiger partial charge in [0.15, 0.2) is 0 Å². The summed E-state index contributed by atoms with van der Waals surface area (Å²) in [6.07, 6.45) is 81.4. The van der Waals surface area contributed by atoms with E-state index < -0.39 is 26.6 Å². The first-order valence-corrected chi connectivity index (χ1v) is 35.9. The minimum Gasteiger partial charge on any atom is -0.756 e. The summed E-state index contributed by atoms with van der Waals surface area (Å²) in [5.41, 5.74) is 0. The Morgan fingerprint density at radius 3 is 1.18 bits per heavy atom. The molecule has 3 atom stereocenters. The molecular weight excluding hydrogens is 1040 g/mol. The van der Waals surface area contributed by atoms with Crippen LogP contribution in [-0.2, 0) is 27.9 Å². The van der Waals surface area contributed by atoms with Gasteiger partial charge >= 0.3 is 5.97 Å². The van der Waals surface area contributed by atoms with Gasteiger partial charge < -0.3 is 28.5 Å². The zero-order valence-electron chi connectivity index (χ0n) is 54.4. The zero-order valence-corrected chi connectivity index (χ0v) is 55.3. The highest BCUT2D eigenvalue weighted by Crippen LogP contribution is 2.38. The number of carbonyl (C=O) groups excluding carboxylic acids is 2. The summed E-state index contributed by atoms with van der Waals surface area (Å²) < 4.78 is 30.4. The molecule has 0 aliphatic carbocycles. The average molecular weight is 1170 g/mol.